The van der Waals surface area contributed by atoms with Crippen molar-refractivity contribution in [1.29, 1.82) is 0 Å². The van der Waals surface area contributed by atoms with Gasteiger partial charge in [0.1, 0.15) is 0 Å². The summed E-state index contributed by atoms with van der Waals surface area (Å²) in [7, 11) is 1.55. The Balaban J connectivity index is 2.37. The topological polar surface area (TPSA) is 116 Å². The van der Waals surface area contributed by atoms with Crippen LogP contribution >= 0.6 is 0 Å². The molecule has 0 spiro atoms. The molecule has 3 aromatic rings. The monoisotopic (exact) mass is 358 g/mol. The molecule has 2 heterocycles. The van der Waals surface area contributed by atoms with E-state index in [0.29, 0.717) is 46.2 Å². The van der Waals surface area contributed by atoms with E-state index in [9.17, 15) is 9.59 Å². The highest BCUT2D eigenvalue weighted by Gasteiger charge is 2.31. The summed E-state index contributed by atoms with van der Waals surface area (Å²) in [5, 5.41) is 10.9. The smallest absolute Gasteiger partial charge is 0.268 e. The number of hydrogen-bond donors (Lipinski definition) is 4. The summed E-state index contributed by atoms with van der Waals surface area (Å²) < 4.78 is 11.3. The molecule has 8 heteroatoms. The third kappa shape index (κ3) is 2.83. The zero-order chi connectivity index (χ0) is 18.8. The standard InChI is InChI=1S/C18H22N4O4/c1-5-26-16-11(7-6-8-12(16)25-4)15(13-9(2)19-21-17(13)23)14-10(3)20-22-18(14)24/h6-8,15H,5H2,1-4H3,(H2,19,21,23)(H2,20,22,24). The highest BCUT2D eigenvalue weighted by atomic mass is 16.5. The average Bonchev–Trinajstić information content (AvgIpc) is 3.13. The van der Waals surface area contributed by atoms with Gasteiger partial charge in [0, 0.05) is 17.0 Å². The molecule has 26 heavy (non-hydrogen) atoms. The van der Waals surface area contributed by atoms with E-state index in [-0.39, 0.29) is 11.1 Å². The van der Waals surface area contributed by atoms with Crippen molar-refractivity contribution in [3.8, 4) is 11.5 Å². The molecule has 0 saturated carbocycles. The number of benzene rings is 1. The van der Waals surface area contributed by atoms with Crippen LogP contribution in [0.5, 0.6) is 11.5 Å². The van der Waals surface area contributed by atoms with Crippen LogP contribution in [0.1, 0.15) is 40.9 Å². The van der Waals surface area contributed by atoms with Gasteiger partial charge in [0.05, 0.1) is 30.8 Å². The highest BCUT2D eigenvalue weighted by molar-refractivity contribution is 5.55. The third-order valence-electron chi connectivity index (χ3n) is 4.43. The molecule has 0 aliphatic heterocycles. The average molecular weight is 358 g/mol. The molecule has 2 aromatic heterocycles. The van der Waals surface area contributed by atoms with Crippen molar-refractivity contribution in [1.82, 2.24) is 20.4 Å². The second-order valence-corrected chi connectivity index (χ2v) is 5.98. The minimum absolute atomic E-state index is 0.280. The minimum Gasteiger partial charge on any atom is -0.493 e. The van der Waals surface area contributed by atoms with Gasteiger partial charge in [-0.2, -0.15) is 0 Å². The lowest BCUT2D eigenvalue weighted by atomic mass is 9.84. The summed E-state index contributed by atoms with van der Waals surface area (Å²) in [6.07, 6.45) is 0. The van der Waals surface area contributed by atoms with E-state index in [0.717, 1.165) is 0 Å². The van der Waals surface area contributed by atoms with Crippen molar-refractivity contribution in [2.45, 2.75) is 26.7 Å². The van der Waals surface area contributed by atoms with Gasteiger partial charge in [-0.3, -0.25) is 19.8 Å². The zero-order valence-electron chi connectivity index (χ0n) is 15.1. The van der Waals surface area contributed by atoms with Crippen molar-refractivity contribution in [2.75, 3.05) is 13.7 Å². The lowest BCUT2D eigenvalue weighted by molar-refractivity contribution is 0.307. The van der Waals surface area contributed by atoms with Crippen LogP contribution in [0.25, 0.3) is 0 Å². The summed E-state index contributed by atoms with van der Waals surface area (Å²) in [5.41, 5.74) is 2.37. The number of methoxy groups -OCH3 is 1. The fourth-order valence-electron chi connectivity index (χ4n) is 3.28. The number of ether oxygens (including phenoxy) is 2. The molecule has 0 bridgehead atoms. The molecule has 8 nitrogen and oxygen atoms in total. The number of H-pyrrole nitrogens is 4. The normalized spacial score (nSPS) is 11.1. The van der Waals surface area contributed by atoms with E-state index in [4.69, 9.17) is 9.47 Å². The van der Waals surface area contributed by atoms with Gasteiger partial charge in [0.2, 0.25) is 0 Å². The lowest BCUT2D eigenvalue weighted by Crippen LogP contribution is -2.21. The second kappa shape index (κ2) is 6.99. The fourth-order valence-corrected chi connectivity index (χ4v) is 3.28. The quantitative estimate of drug-likeness (QED) is 0.539. The van der Waals surface area contributed by atoms with E-state index in [1.807, 2.05) is 19.1 Å². The van der Waals surface area contributed by atoms with Gasteiger partial charge in [-0.25, -0.2) is 0 Å². The fraction of sp³-hybridized carbons (Fsp3) is 0.333. The van der Waals surface area contributed by atoms with Crippen LogP contribution in [0.2, 0.25) is 0 Å². The molecular formula is C18H22N4O4. The van der Waals surface area contributed by atoms with Gasteiger partial charge in [0.25, 0.3) is 11.1 Å². The van der Waals surface area contributed by atoms with E-state index in [1.54, 1.807) is 27.0 Å². The van der Waals surface area contributed by atoms with Crippen LogP contribution in [-0.2, 0) is 0 Å². The summed E-state index contributed by atoms with van der Waals surface area (Å²) in [6.45, 7) is 5.87. The first-order valence-electron chi connectivity index (χ1n) is 8.33. The maximum Gasteiger partial charge on any atom is 0.268 e. The SMILES string of the molecule is CCOc1c(OC)cccc1C(c1c(C)[nH][nH]c1=O)c1c(C)[nH][nH]c1=O. The van der Waals surface area contributed by atoms with Gasteiger partial charge in [-0.1, -0.05) is 12.1 Å². The Kier molecular flexibility index (Phi) is 4.75. The first-order valence-corrected chi connectivity index (χ1v) is 8.33. The van der Waals surface area contributed by atoms with Gasteiger partial charge in [-0.15, -0.1) is 0 Å². The summed E-state index contributed by atoms with van der Waals surface area (Å²) >= 11 is 0. The molecule has 0 saturated heterocycles. The van der Waals surface area contributed by atoms with Gasteiger partial charge < -0.3 is 19.7 Å². The number of rotatable bonds is 6. The van der Waals surface area contributed by atoms with Crippen molar-refractivity contribution in [3.63, 3.8) is 0 Å². The van der Waals surface area contributed by atoms with Crippen LogP contribution < -0.4 is 20.6 Å². The maximum atomic E-state index is 12.5. The Bertz CT molecular complexity index is 970. The van der Waals surface area contributed by atoms with Crippen LogP contribution in [0.3, 0.4) is 0 Å². The minimum atomic E-state index is -0.614. The molecule has 3 rings (SSSR count). The Morgan fingerprint density at radius 1 is 0.962 bits per heavy atom. The van der Waals surface area contributed by atoms with Crippen LogP contribution in [0, 0.1) is 13.8 Å². The predicted molar refractivity (Wildman–Crippen MR) is 97.4 cm³/mol. The molecular weight excluding hydrogens is 336 g/mol. The maximum absolute atomic E-state index is 12.5. The number of aryl methyl sites for hydroxylation is 2. The van der Waals surface area contributed by atoms with E-state index < -0.39 is 5.92 Å². The Hall–Kier alpha value is -3.16. The van der Waals surface area contributed by atoms with Crippen molar-refractivity contribution in [2.24, 2.45) is 0 Å². The van der Waals surface area contributed by atoms with Gasteiger partial charge in [-0.05, 0) is 26.8 Å². The molecule has 4 N–H and O–H groups in total. The first-order chi connectivity index (χ1) is 12.5. The molecule has 1 aromatic carbocycles. The largest absolute Gasteiger partial charge is 0.493 e. The molecule has 138 valence electrons. The number of para-hydroxylation sites is 1. The first kappa shape index (κ1) is 17.7. The van der Waals surface area contributed by atoms with Gasteiger partial charge in [0.15, 0.2) is 11.5 Å². The molecule has 0 aliphatic rings. The summed E-state index contributed by atoms with van der Waals surface area (Å²) in [6, 6.07) is 5.44. The van der Waals surface area contributed by atoms with Crippen LogP contribution in [0.4, 0.5) is 0 Å². The Morgan fingerprint density at radius 2 is 1.54 bits per heavy atom. The summed E-state index contributed by atoms with van der Waals surface area (Å²) in [5.74, 6) is 0.447. The molecule has 0 radical (unpaired) electrons. The van der Waals surface area contributed by atoms with E-state index in [2.05, 4.69) is 20.4 Å². The number of nitrogens with one attached hydrogen (secondary N) is 4. The molecule has 0 fully saturated rings. The van der Waals surface area contributed by atoms with Crippen molar-refractivity contribution >= 4 is 0 Å². The summed E-state index contributed by atoms with van der Waals surface area (Å²) in [4.78, 5) is 25.0. The lowest BCUT2D eigenvalue weighted by Gasteiger charge is -2.21. The number of aromatic amines is 4. The van der Waals surface area contributed by atoms with Gasteiger partial charge >= 0.3 is 0 Å². The van der Waals surface area contributed by atoms with Crippen LogP contribution in [0.15, 0.2) is 27.8 Å². The van der Waals surface area contributed by atoms with Crippen molar-refractivity contribution in [3.05, 3.63) is 67.0 Å². The molecule has 0 atom stereocenters. The third-order valence-corrected chi connectivity index (χ3v) is 4.43. The molecule has 0 unspecified atom stereocenters. The van der Waals surface area contributed by atoms with Crippen LogP contribution in [-0.4, -0.2) is 34.1 Å². The zero-order valence-corrected chi connectivity index (χ0v) is 15.1. The molecule has 0 aliphatic carbocycles. The Labute approximate surface area is 149 Å². The highest BCUT2D eigenvalue weighted by Crippen LogP contribution is 2.41. The van der Waals surface area contributed by atoms with E-state index in [1.165, 1.54) is 0 Å². The number of hydrogen-bond acceptors (Lipinski definition) is 4. The predicted octanol–water partition coefficient (Wildman–Crippen LogP) is 1.92. The van der Waals surface area contributed by atoms with E-state index >= 15 is 0 Å². The number of aromatic nitrogens is 4. The second-order valence-electron chi connectivity index (χ2n) is 5.98. The molecule has 0 amide bonds. The van der Waals surface area contributed by atoms with Crippen molar-refractivity contribution < 1.29 is 9.47 Å². The Morgan fingerprint density at radius 3 is 1.96 bits per heavy atom.